The number of hydrogen-bond donors (Lipinski definition) is 0. The molecule has 96 valence electrons. The molecule has 0 bridgehead atoms. The molecule has 1 aliphatic carbocycles. The molecule has 18 heavy (non-hydrogen) atoms. The highest BCUT2D eigenvalue weighted by molar-refractivity contribution is 5.37. The van der Waals surface area contributed by atoms with Gasteiger partial charge in [0.1, 0.15) is 11.4 Å². The number of nitriles is 1. The monoisotopic (exact) mass is 243 g/mol. The van der Waals surface area contributed by atoms with Gasteiger partial charge >= 0.3 is 0 Å². The summed E-state index contributed by atoms with van der Waals surface area (Å²) < 4.78 is 5.80. The van der Waals surface area contributed by atoms with Crippen LogP contribution in [0.2, 0.25) is 0 Å². The maximum absolute atomic E-state index is 9.44. The number of rotatable bonds is 2. The van der Waals surface area contributed by atoms with Gasteiger partial charge in [-0.25, -0.2) is 0 Å². The van der Waals surface area contributed by atoms with Crippen molar-refractivity contribution in [2.75, 3.05) is 0 Å². The molecule has 1 saturated carbocycles. The third kappa shape index (κ3) is 2.67. The van der Waals surface area contributed by atoms with Crippen LogP contribution in [0.3, 0.4) is 0 Å². The van der Waals surface area contributed by atoms with Crippen molar-refractivity contribution in [3.05, 3.63) is 29.8 Å². The van der Waals surface area contributed by atoms with Gasteiger partial charge in [0.05, 0.1) is 11.5 Å². The molecule has 1 fully saturated rings. The molecule has 0 unspecified atom stereocenters. The fourth-order valence-corrected chi connectivity index (χ4v) is 2.64. The molecule has 0 N–H and O–H groups in total. The molecule has 0 aromatic heterocycles. The Morgan fingerprint density at radius 2 is 1.67 bits per heavy atom. The SMILES string of the molecule is CC(C)(C)Oc1ccc(C2(C#N)CCCC2)cc1. The molecule has 1 aromatic carbocycles. The molecule has 2 nitrogen and oxygen atoms in total. The number of hydrogen-bond acceptors (Lipinski definition) is 2. The molecule has 1 aromatic rings. The van der Waals surface area contributed by atoms with Crippen molar-refractivity contribution < 1.29 is 4.74 Å². The largest absolute Gasteiger partial charge is 0.488 e. The van der Waals surface area contributed by atoms with Crippen LogP contribution in [0, 0.1) is 11.3 Å². The third-order valence-electron chi connectivity index (χ3n) is 3.50. The fraction of sp³-hybridized carbons (Fsp3) is 0.562. The molecule has 2 heteroatoms. The van der Waals surface area contributed by atoms with Crippen LogP contribution in [0.4, 0.5) is 0 Å². The van der Waals surface area contributed by atoms with Crippen LogP contribution in [-0.2, 0) is 5.41 Å². The van der Waals surface area contributed by atoms with Gasteiger partial charge < -0.3 is 4.74 Å². The topological polar surface area (TPSA) is 33.0 Å². The second kappa shape index (κ2) is 4.65. The van der Waals surface area contributed by atoms with E-state index in [9.17, 15) is 5.26 Å². The molecule has 2 rings (SSSR count). The zero-order valence-electron chi connectivity index (χ0n) is 11.5. The van der Waals surface area contributed by atoms with Crippen molar-refractivity contribution >= 4 is 0 Å². The lowest BCUT2D eigenvalue weighted by atomic mass is 9.80. The Morgan fingerprint density at radius 3 is 2.11 bits per heavy atom. The standard InChI is InChI=1S/C16H21NO/c1-15(2,3)18-14-8-6-13(7-9-14)16(12-17)10-4-5-11-16/h6-9H,4-5,10-11H2,1-3H3. The summed E-state index contributed by atoms with van der Waals surface area (Å²) in [5, 5.41) is 9.44. The Bertz CT molecular complexity index is 441. The number of benzene rings is 1. The smallest absolute Gasteiger partial charge is 0.120 e. The fourth-order valence-electron chi connectivity index (χ4n) is 2.64. The molecule has 1 aliphatic rings. The van der Waals surface area contributed by atoms with E-state index in [1.165, 1.54) is 0 Å². The summed E-state index contributed by atoms with van der Waals surface area (Å²) >= 11 is 0. The molecule has 0 radical (unpaired) electrons. The second-order valence-corrected chi connectivity index (χ2v) is 6.14. The summed E-state index contributed by atoms with van der Waals surface area (Å²) in [7, 11) is 0. The Hall–Kier alpha value is -1.49. The van der Waals surface area contributed by atoms with Gasteiger partial charge in [0.15, 0.2) is 0 Å². The first-order chi connectivity index (χ1) is 8.45. The van der Waals surface area contributed by atoms with Crippen LogP contribution in [-0.4, -0.2) is 5.60 Å². The number of nitrogens with zero attached hydrogens (tertiary/aromatic N) is 1. The van der Waals surface area contributed by atoms with Crippen molar-refractivity contribution in [3.63, 3.8) is 0 Å². The van der Waals surface area contributed by atoms with Crippen molar-refractivity contribution in [1.29, 1.82) is 5.26 Å². The van der Waals surface area contributed by atoms with Gasteiger partial charge in [-0.15, -0.1) is 0 Å². The first kappa shape index (κ1) is 13.0. The Labute approximate surface area is 110 Å². The summed E-state index contributed by atoms with van der Waals surface area (Å²) in [5.41, 5.74) is 0.714. The van der Waals surface area contributed by atoms with Crippen molar-refractivity contribution in [3.8, 4) is 11.8 Å². The summed E-state index contributed by atoms with van der Waals surface area (Å²) in [6, 6.07) is 10.6. The first-order valence-corrected chi connectivity index (χ1v) is 6.66. The molecule has 0 spiro atoms. The lowest BCUT2D eigenvalue weighted by molar-refractivity contribution is 0.131. The van der Waals surface area contributed by atoms with E-state index in [0.717, 1.165) is 37.0 Å². The Morgan fingerprint density at radius 1 is 1.11 bits per heavy atom. The second-order valence-electron chi connectivity index (χ2n) is 6.14. The van der Waals surface area contributed by atoms with Gasteiger partial charge in [0.25, 0.3) is 0 Å². The highest BCUT2D eigenvalue weighted by Gasteiger charge is 2.35. The minimum absolute atomic E-state index is 0.179. The van der Waals surface area contributed by atoms with E-state index in [0.29, 0.717) is 0 Å². The predicted molar refractivity (Wildman–Crippen MR) is 72.6 cm³/mol. The average Bonchev–Trinajstić information content (AvgIpc) is 2.77. The van der Waals surface area contributed by atoms with Crippen LogP contribution >= 0.6 is 0 Å². The molecular weight excluding hydrogens is 222 g/mol. The van der Waals surface area contributed by atoms with Crippen molar-refractivity contribution in [1.82, 2.24) is 0 Å². The van der Waals surface area contributed by atoms with Crippen LogP contribution in [0.15, 0.2) is 24.3 Å². The molecule has 0 atom stereocenters. The van der Waals surface area contributed by atoms with E-state index >= 15 is 0 Å². The Kier molecular flexibility index (Phi) is 3.34. The molecule has 0 saturated heterocycles. The Balaban J connectivity index is 2.20. The van der Waals surface area contributed by atoms with E-state index < -0.39 is 0 Å². The first-order valence-electron chi connectivity index (χ1n) is 6.66. The molecule has 0 heterocycles. The maximum atomic E-state index is 9.44. The summed E-state index contributed by atoms with van der Waals surface area (Å²) in [6.07, 6.45) is 4.30. The van der Waals surface area contributed by atoms with Crippen molar-refractivity contribution in [2.45, 2.75) is 57.5 Å². The summed E-state index contributed by atoms with van der Waals surface area (Å²) in [5.74, 6) is 0.873. The highest BCUT2D eigenvalue weighted by atomic mass is 16.5. The minimum Gasteiger partial charge on any atom is -0.488 e. The zero-order chi connectivity index (χ0) is 13.2. The highest BCUT2D eigenvalue weighted by Crippen LogP contribution is 2.40. The summed E-state index contributed by atoms with van der Waals surface area (Å²) in [6.45, 7) is 6.11. The lowest BCUT2D eigenvalue weighted by Gasteiger charge is -2.23. The van der Waals surface area contributed by atoms with Crippen LogP contribution in [0.1, 0.15) is 52.0 Å². The van der Waals surface area contributed by atoms with E-state index in [2.05, 4.69) is 18.2 Å². The molecule has 0 aliphatic heterocycles. The van der Waals surface area contributed by atoms with E-state index in [4.69, 9.17) is 4.74 Å². The number of ether oxygens (including phenoxy) is 1. The maximum Gasteiger partial charge on any atom is 0.120 e. The van der Waals surface area contributed by atoms with Gasteiger partial charge in [-0.05, 0) is 51.3 Å². The van der Waals surface area contributed by atoms with Crippen LogP contribution < -0.4 is 4.74 Å². The molecule has 0 amide bonds. The summed E-state index contributed by atoms with van der Waals surface area (Å²) in [4.78, 5) is 0. The van der Waals surface area contributed by atoms with E-state index in [-0.39, 0.29) is 11.0 Å². The van der Waals surface area contributed by atoms with E-state index in [1.54, 1.807) is 0 Å². The normalized spacial score (nSPS) is 18.3. The third-order valence-corrected chi connectivity index (χ3v) is 3.50. The van der Waals surface area contributed by atoms with Gasteiger partial charge in [0.2, 0.25) is 0 Å². The van der Waals surface area contributed by atoms with Gasteiger partial charge in [-0.3, -0.25) is 0 Å². The minimum atomic E-state index is -0.250. The van der Waals surface area contributed by atoms with Crippen molar-refractivity contribution in [2.24, 2.45) is 0 Å². The van der Waals surface area contributed by atoms with Crippen LogP contribution in [0.5, 0.6) is 5.75 Å². The predicted octanol–water partition coefficient (Wildman–Crippen LogP) is 4.20. The average molecular weight is 243 g/mol. The van der Waals surface area contributed by atoms with Gasteiger partial charge in [0, 0.05) is 0 Å². The molecular formula is C16H21NO. The van der Waals surface area contributed by atoms with Crippen LogP contribution in [0.25, 0.3) is 0 Å². The van der Waals surface area contributed by atoms with E-state index in [1.807, 2.05) is 32.9 Å². The van der Waals surface area contributed by atoms with Gasteiger partial charge in [-0.2, -0.15) is 5.26 Å². The zero-order valence-corrected chi connectivity index (χ0v) is 11.5. The van der Waals surface area contributed by atoms with Gasteiger partial charge in [-0.1, -0.05) is 25.0 Å². The quantitative estimate of drug-likeness (QED) is 0.780. The lowest BCUT2D eigenvalue weighted by Crippen LogP contribution is -2.23.